The maximum Gasteiger partial charge on any atom is 0.171 e. The number of aliphatic hydroxyl groups is 1. The highest BCUT2D eigenvalue weighted by Gasteiger charge is 2.41. The lowest BCUT2D eigenvalue weighted by Gasteiger charge is -2.10. The average Bonchev–Trinajstić information content (AvgIpc) is 2.86. The van der Waals surface area contributed by atoms with Crippen LogP contribution in [0.25, 0.3) is 0 Å². The molecule has 0 amide bonds. The summed E-state index contributed by atoms with van der Waals surface area (Å²) in [4.78, 5) is 0. The van der Waals surface area contributed by atoms with Crippen molar-refractivity contribution in [3.8, 4) is 5.75 Å². The fourth-order valence-electron chi connectivity index (χ4n) is 1.40. The summed E-state index contributed by atoms with van der Waals surface area (Å²) in [5.74, 6) is -2.27. The van der Waals surface area contributed by atoms with Crippen LogP contribution >= 0.6 is 0 Å². The Bertz CT molecular complexity index is 373. The normalized spacial score (nSPS) is 18.2. The van der Waals surface area contributed by atoms with E-state index in [9.17, 15) is 13.9 Å². The first-order chi connectivity index (χ1) is 6.52. The van der Waals surface area contributed by atoms with Gasteiger partial charge >= 0.3 is 0 Å². The van der Waals surface area contributed by atoms with Crippen molar-refractivity contribution in [1.82, 2.24) is 0 Å². The van der Waals surface area contributed by atoms with E-state index in [0.29, 0.717) is 12.8 Å². The van der Waals surface area contributed by atoms with E-state index < -0.39 is 23.0 Å². The zero-order valence-electron chi connectivity index (χ0n) is 7.43. The van der Waals surface area contributed by atoms with Gasteiger partial charge in [0.05, 0.1) is 5.60 Å². The molecule has 0 bridgehead atoms. The second kappa shape index (κ2) is 2.92. The van der Waals surface area contributed by atoms with Crippen molar-refractivity contribution in [3.63, 3.8) is 0 Å². The molecule has 0 spiro atoms. The number of rotatable bonds is 2. The number of hydrogen-bond acceptors (Lipinski definition) is 2. The van der Waals surface area contributed by atoms with Crippen molar-refractivity contribution < 1.29 is 19.0 Å². The lowest BCUT2D eigenvalue weighted by atomic mass is 10.0. The molecule has 0 aromatic heterocycles. The Labute approximate surface area is 79.8 Å². The molecule has 14 heavy (non-hydrogen) atoms. The van der Waals surface area contributed by atoms with Gasteiger partial charge in [-0.25, -0.2) is 8.78 Å². The van der Waals surface area contributed by atoms with Crippen LogP contribution in [0.5, 0.6) is 5.75 Å². The Morgan fingerprint density at radius 3 is 2.50 bits per heavy atom. The molecule has 0 atom stereocenters. The molecule has 1 aromatic rings. The summed E-state index contributed by atoms with van der Waals surface area (Å²) in [6.07, 6.45) is 1.04. The smallest absolute Gasteiger partial charge is 0.171 e. The van der Waals surface area contributed by atoms with Gasteiger partial charge in [-0.05, 0) is 25.0 Å². The Hall–Kier alpha value is -1.16. The van der Waals surface area contributed by atoms with Crippen molar-refractivity contribution >= 4 is 0 Å². The van der Waals surface area contributed by atoms with E-state index in [4.69, 9.17) is 5.11 Å². The first-order valence-corrected chi connectivity index (χ1v) is 4.40. The molecule has 0 saturated heterocycles. The van der Waals surface area contributed by atoms with E-state index >= 15 is 0 Å². The molecule has 0 radical (unpaired) electrons. The van der Waals surface area contributed by atoms with Crippen molar-refractivity contribution in [1.29, 1.82) is 0 Å². The molecule has 76 valence electrons. The fraction of sp³-hybridized carbons (Fsp3) is 0.400. The van der Waals surface area contributed by atoms with Gasteiger partial charge in [-0.15, -0.1) is 0 Å². The van der Waals surface area contributed by atoms with Gasteiger partial charge in [0.15, 0.2) is 11.6 Å². The van der Waals surface area contributed by atoms with Crippen LogP contribution in [-0.2, 0) is 6.42 Å². The van der Waals surface area contributed by atoms with Crippen LogP contribution in [0.4, 0.5) is 8.78 Å². The molecular weight excluding hydrogens is 190 g/mol. The van der Waals surface area contributed by atoms with Crippen LogP contribution in [0.2, 0.25) is 0 Å². The van der Waals surface area contributed by atoms with Gasteiger partial charge in [-0.1, -0.05) is 0 Å². The SMILES string of the molecule is Oc1ccc(F)c(CC2(O)CC2)c1F. The predicted octanol–water partition coefficient (Wildman–Crippen LogP) is 1.74. The average molecular weight is 200 g/mol. The quantitative estimate of drug-likeness (QED) is 0.763. The Morgan fingerprint density at radius 1 is 1.29 bits per heavy atom. The van der Waals surface area contributed by atoms with Crippen molar-refractivity contribution in [3.05, 3.63) is 29.3 Å². The highest BCUT2D eigenvalue weighted by atomic mass is 19.1. The molecular formula is C10H10F2O2. The highest BCUT2D eigenvalue weighted by molar-refractivity contribution is 5.32. The monoisotopic (exact) mass is 200 g/mol. The summed E-state index contributed by atoms with van der Waals surface area (Å²) < 4.78 is 26.3. The maximum absolute atomic E-state index is 13.2. The summed E-state index contributed by atoms with van der Waals surface area (Å²) in [5.41, 5.74) is -1.19. The zero-order valence-corrected chi connectivity index (χ0v) is 7.43. The van der Waals surface area contributed by atoms with Crippen LogP contribution in [0.1, 0.15) is 18.4 Å². The molecule has 4 heteroatoms. The first kappa shape index (κ1) is 9.40. The van der Waals surface area contributed by atoms with Gasteiger partial charge in [0, 0.05) is 12.0 Å². The number of halogens is 2. The number of hydrogen-bond donors (Lipinski definition) is 2. The third-order valence-electron chi connectivity index (χ3n) is 2.50. The number of aromatic hydroxyl groups is 1. The second-order valence-corrected chi connectivity index (χ2v) is 3.76. The van der Waals surface area contributed by atoms with Gasteiger partial charge in [0.1, 0.15) is 5.82 Å². The lowest BCUT2D eigenvalue weighted by Crippen LogP contribution is -2.13. The van der Waals surface area contributed by atoms with E-state index in [1.165, 1.54) is 0 Å². The molecule has 0 unspecified atom stereocenters. The molecule has 0 heterocycles. The largest absolute Gasteiger partial charge is 0.505 e. The van der Waals surface area contributed by atoms with Crippen LogP contribution in [0, 0.1) is 11.6 Å². The molecule has 1 fully saturated rings. The van der Waals surface area contributed by atoms with E-state index in [2.05, 4.69) is 0 Å². The van der Waals surface area contributed by atoms with E-state index in [1.807, 2.05) is 0 Å². The summed E-state index contributed by atoms with van der Waals surface area (Å²) in [5, 5.41) is 18.5. The molecule has 1 aliphatic carbocycles. The Balaban J connectivity index is 2.35. The molecule has 1 saturated carbocycles. The summed E-state index contributed by atoms with van der Waals surface area (Å²) in [6, 6.07) is 1.96. The first-order valence-electron chi connectivity index (χ1n) is 4.40. The van der Waals surface area contributed by atoms with Gasteiger partial charge < -0.3 is 10.2 Å². The minimum Gasteiger partial charge on any atom is -0.505 e. The lowest BCUT2D eigenvalue weighted by molar-refractivity contribution is 0.148. The number of phenols is 1. The van der Waals surface area contributed by atoms with Crippen molar-refractivity contribution in [2.24, 2.45) is 0 Å². The topological polar surface area (TPSA) is 40.5 Å². The van der Waals surface area contributed by atoms with Crippen LogP contribution < -0.4 is 0 Å². The summed E-state index contributed by atoms with van der Waals surface area (Å²) in [7, 11) is 0. The standard InChI is InChI=1S/C10H10F2O2/c11-7-1-2-8(13)9(12)6(7)5-10(14)3-4-10/h1-2,13-14H,3-5H2. The molecule has 0 aliphatic heterocycles. The third-order valence-corrected chi connectivity index (χ3v) is 2.50. The van der Waals surface area contributed by atoms with Gasteiger partial charge in [-0.3, -0.25) is 0 Å². The van der Waals surface area contributed by atoms with Gasteiger partial charge in [-0.2, -0.15) is 0 Å². The highest BCUT2D eigenvalue weighted by Crippen LogP contribution is 2.40. The number of phenolic OH excluding ortho intramolecular Hbond substituents is 1. The fourth-order valence-corrected chi connectivity index (χ4v) is 1.40. The Kier molecular flexibility index (Phi) is 1.96. The minimum absolute atomic E-state index is 0.0704. The summed E-state index contributed by atoms with van der Waals surface area (Å²) in [6.45, 7) is 0. The van der Waals surface area contributed by atoms with Gasteiger partial charge in [0.2, 0.25) is 0 Å². The second-order valence-electron chi connectivity index (χ2n) is 3.76. The third kappa shape index (κ3) is 1.57. The van der Waals surface area contributed by atoms with E-state index in [-0.39, 0.29) is 12.0 Å². The molecule has 1 aromatic carbocycles. The van der Waals surface area contributed by atoms with E-state index in [0.717, 1.165) is 12.1 Å². The molecule has 2 nitrogen and oxygen atoms in total. The molecule has 1 aliphatic rings. The minimum atomic E-state index is -0.967. The van der Waals surface area contributed by atoms with Crippen molar-refractivity contribution in [2.75, 3.05) is 0 Å². The predicted molar refractivity (Wildman–Crippen MR) is 45.9 cm³/mol. The van der Waals surface area contributed by atoms with Crippen LogP contribution in [0.3, 0.4) is 0 Å². The van der Waals surface area contributed by atoms with Crippen LogP contribution in [-0.4, -0.2) is 15.8 Å². The molecule has 2 N–H and O–H groups in total. The molecule has 2 rings (SSSR count). The van der Waals surface area contributed by atoms with E-state index in [1.54, 1.807) is 0 Å². The van der Waals surface area contributed by atoms with Crippen LogP contribution in [0.15, 0.2) is 12.1 Å². The van der Waals surface area contributed by atoms with Gasteiger partial charge in [0.25, 0.3) is 0 Å². The Morgan fingerprint density at radius 2 is 1.93 bits per heavy atom. The maximum atomic E-state index is 13.2. The number of benzene rings is 1. The summed E-state index contributed by atoms with van der Waals surface area (Å²) >= 11 is 0. The zero-order chi connectivity index (χ0) is 10.3. The van der Waals surface area contributed by atoms with Crippen molar-refractivity contribution in [2.45, 2.75) is 24.9 Å².